The molecule has 0 bridgehead atoms. The molecule has 0 aliphatic rings. The fourth-order valence-electron chi connectivity index (χ4n) is 1.97. The van der Waals surface area contributed by atoms with Crippen molar-refractivity contribution in [2.45, 2.75) is 20.4 Å². The summed E-state index contributed by atoms with van der Waals surface area (Å²) in [6.45, 7) is 4.14. The molecule has 0 aliphatic carbocycles. The highest BCUT2D eigenvalue weighted by molar-refractivity contribution is 5.55. The molecule has 0 N–H and O–H groups in total. The van der Waals surface area contributed by atoms with E-state index in [1.54, 1.807) is 23.0 Å². The van der Waals surface area contributed by atoms with Gasteiger partial charge in [0.25, 0.3) is 0 Å². The monoisotopic (exact) mass is 272 g/mol. The van der Waals surface area contributed by atoms with Crippen LogP contribution in [-0.2, 0) is 6.54 Å². The van der Waals surface area contributed by atoms with Crippen LogP contribution in [0.5, 0.6) is 0 Å². The van der Waals surface area contributed by atoms with E-state index in [0.717, 1.165) is 11.4 Å². The van der Waals surface area contributed by atoms with Crippen molar-refractivity contribution in [3.05, 3.63) is 53.8 Å². The largest absolute Gasteiger partial charge is 0.439 e. The van der Waals surface area contributed by atoms with Gasteiger partial charge in [0.1, 0.15) is 24.0 Å². The molecule has 0 fully saturated rings. The number of hydrogen-bond donors (Lipinski definition) is 0. The van der Waals surface area contributed by atoms with E-state index in [2.05, 4.69) is 15.1 Å². The lowest BCUT2D eigenvalue weighted by Crippen LogP contribution is -2.04. The van der Waals surface area contributed by atoms with Crippen LogP contribution in [0.15, 0.2) is 34.9 Å². The molecule has 2 aromatic heterocycles. The maximum Gasteiger partial charge on any atom is 0.216 e. The van der Waals surface area contributed by atoms with Crippen LogP contribution in [-0.4, -0.2) is 19.7 Å². The number of hydrogen-bond acceptors (Lipinski definition) is 4. The standard InChI is InChI=1S/C14H13FN4O/c1-9-17-10(2)19(18-9)8-14-16-7-13(20-14)11-3-5-12(15)6-4-11/h3-7H,8H2,1-2H3. The smallest absolute Gasteiger partial charge is 0.216 e. The Labute approximate surface area is 115 Å². The zero-order valence-corrected chi connectivity index (χ0v) is 11.2. The lowest BCUT2D eigenvalue weighted by molar-refractivity contribution is 0.469. The first-order valence-electron chi connectivity index (χ1n) is 6.20. The van der Waals surface area contributed by atoms with Gasteiger partial charge in [-0.15, -0.1) is 0 Å². The van der Waals surface area contributed by atoms with Gasteiger partial charge in [-0.1, -0.05) is 0 Å². The van der Waals surface area contributed by atoms with Crippen LogP contribution < -0.4 is 0 Å². The number of halogens is 1. The van der Waals surface area contributed by atoms with Gasteiger partial charge in [-0.3, -0.25) is 0 Å². The van der Waals surface area contributed by atoms with E-state index >= 15 is 0 Å². The minimum Gasteiger partial charge on any atom is -0.439 e. The molecule has 0 unspecified atom stereocenters. The molecule has 3 aromatic rings. The molecule has 102 valence electrons. The molecule has 2 heterocycles. The quantitative estimate of drug-likeness (QED) is 0.735. The van der Waals surface area contributed by atoms with Crippen LogP contribution in [0.4, 0.5) is 4.39 Å². The van der Waals surface area contributed by atoms with Crippen molar-refractivity contribution in [3.8, 4) is 11.3 Å². The molecule has 0 saturated heterocycles. The van der Waals surface area contributed by atoms with Gasteiger partial charge < -0.3 is 4.42 Å². The van der Waals surface area contributed by atoms with Crippen molar-refractivity contribution in [2.24, 2.45) is 0 Å². The lowest BCUT2D eigenvalue weighted by Gasteiger charge is -1.99. The third kappa shape index (κ3) is 2.45. The van der Waals surface area contributed by atoms with E-state index in [1.165, 1.54) is 12.1 Å². The average molecular weight is 272 g/mol. The number of rotatable bonds is 3. The molecular weight excluding hydrogens is 259 g/mol. The molecule has 0 aliphatic heterocycles. The second kappa shape index (κ2) is 4.88. The number of aryl methyl sites for hydroxylation is 2. The zero-order chi connectivity index (χ0) is 14.1. The molecule has 0 saturated carbocycles. The first-order chi connectivity index (χ1) is 9.61. The maximum absolute atomic E-state index is 12.9. The molecule has 0 atom stereocenters. The van der Waals surface area contributed by atoms with E-state index in [0.29, 0.717) is 24.0 Å². The van der Waals surface area contributed by atoms with Gasteiger partial charge in [0.2, 0.25) is 5.89 Å². The molecule has 5 nitrogen and oxygen atoms in total. The number of nitrogens with zero attached hydrogens (tertiary/aromatic N) is 4. The number of oxazole rings is 1. The predicted octanol–water partition coefficient (Wildman–Crippen LogP) is 2.74. The molecule has 3 rings (SSSR count). The minimum atomic E-state index is -0.276. The van der Waals surface area contributed by atoms with E-state index < -0.39 is 0 Å². The highest BCUT2D eigenvalue weighted by Gasteiger charge is 2.10. The second-order valence-corrected chi connectivity index (χ2v) is 4.49. The highest BCUT2D eigenvalue weighted by atomic mass is 19.1. The Morgan fingerprint density at radius 2 is 1.95 bits per heavy atom. The second-order valence-electron chi connectivity index (χ2n) is 4.49. The highest BCUT2D eigenvalue weighted by Crippen LogP contribution is 2.21. The first-order valence-corrected chi connectivity index (χ1v) is 6.20. The Balaban J connectivity index is 1.83. The average Bonchev–Trinajstić information content (AvgIpc) is 2.98. The van der Waals surface area contributed by atoms with Crippen LogP contribution in [0, 0.1) is 19.7 Å². The number of benzene rings is 1. The zero-order valence-electron chi connectivity index (χ0n) is 11.2. The van der Waals surface area contributed by atoms with Crippen LogP contribution in [0.25, 0.3) is 11.3 Å². The summed E-state index contributed by atoms with van der Waals surface area (Å²) in [5.74, 6) is 2.39. The van der Waals surface area contributed by atoms with Gasteiger partial charge in [-0.05, 0) is 38.1 Å². The van der Waals surface area contributed by atoms with Crippen molar-refractivity contribution < 1.29 is 8.81 Å². The van der Waals surface area contributed by atoms with Crippen molar-refractivity contribution in [3.63, 3.8) is 0 Å². The van der Waals surface area contributed by atoms with Crippen LogP contribution in [0.2, 0.25) is 0 Å². The maximum atomic E-state index is 12.9. The summed E-state index contributed by atoms with van der Waals surface area (Å²) in [7, 11) is 0. The fourth-order valence-corrected chi connectivity index (χ4v) is 1.97. The molecule has 0 radical (unpaired) electrons. The number of aromatic nitrogens is 4. The third-order valence-electron chi connectivity index (χ3n) is 2.93. The third-order valence-corrected chi connectivity index (χ3v) is 2.93. The van der Waals surface area contributed by atoms with E-state index in [1.807, 2.05) is 13.8 Å². The molecule has 1 aromatic carbocycles. The Hall–Kier alpha value is -2.50. The summed E-state index contributed by atoms with van der Waals surface area (Å²) in [6.07, 6.45) is 1.63. The van der Waals surface area contributed by atoms with E-state index in [-0.39, 0.29) is 5.82 Å². The van der Waals surface area contributed by atoms with Crippen molar-refractivity contribution in [1.82, 2.24) is 19.7 Å². The Morgan fingerprint density at radius 1 is 1.20 bits per heavy atom. The van der Waals surface area contributed by atoms with Gasteiger partial charge in [0.05, 0.1) is 6.20 Å². The van der Waals surface area contributed by atoms with Crippen LogP contribution >= 0.6 is 0 Å². The predicted molar refractivity (Wildman–Crippen MR) is 70.5 cm³/mol. The minimum absolute atomic E-state index is 0.276. The SMILES string of the molecule is Cc1nc(C)n(Cc2ncc(-c3ccc(F)cc3)o2)n1. The van der Waals surface area contributed by atoms with Gasteiger partial charge in [0.15, 0.2) is 5.76 Å². The molecule has 20 heavy (non-hydrogen) atoms. The first kappa shape index (κ1) is 12.5. The van der Waals surface area contributed by atoms with Gasteiger partial charge in [-0.2, -0.15) is 5.10 Å². The molecular formula is C14H13FN4O. The van der Waals surface area contributed by atoms with Crippen LogP contribution in [0.1, 0.15) is 17.5 Å². The van der Waals surface area contributed by atoms with Crippen LogP contribution in [0.3, 0.4) is 0 Å². The topological polar surface area (TPSA) is 56.7 Å². The Kier molecular flexibility index (Phi) is 3.06. The van der Waals surface area contributed by atoms with Crippen molar-refractivity contribution in [2.75, 3.05) is 0 Å². The van der Waals surface area contributed by atoms with Gasteiger partial charge >= 0.3 is 0 Å². The summed E-state index contributed by atoms with van der Waals surface area (Å²) in [5.41, 5.74) is 0.789. The molecule has 0 amide bonds. The van der Waals surface area contributed by atoms with Gasteiger partial charge in [-0.25, -0.2) is 19.0 Å². The van der Waals surface area contributed by atoms with Crippen molar-refractivity contribution >= 4 is 0 Å². The van der Waals surface area contributed by atoms with E-state index in [9.17, 15) is 4.39 Å². The molecule has 0 spiro atoms. The van der Waals surface area contributed by atoms with Gasteiger partial charge in [0, 0.05) is 5.56 Å². The summed E-state index contributed by atoms with van der Waals surface area (Å²) in [4.78, 5) is 8.43. The fraction of sp³-hybridized carbons (Fsp3) is 0.214. The van der Waals surface area contributed by atoms with Crippen molar-refractivity contribution in [1.29, 1.82) is 0 Å². The molecule has 6 heteroatoms. The summed E-state index contributed by atoms with van der Waals surface area (Å²) in [6, 6.07) is 6.10. The Morgan fingerprint density at radius 3 is 2.60 bits per heavy atom. The Bertz CT molecular complexity index is 730. The normalized spacial score (nSPS) is 10.9. The summed E-state index contributed by atoms with van der Waals surface area (Å²) < 4.78 is 20.3. The lowest BCUT2D eigenvalue weighted by atomic mass is 10.2. The summed E-state index contributed by atoms with van der Waals surface area (Å²) in [5, 5.41) is 4.26. The summed E-state index contributed by atoms with van der Waals surface area (Å²) >= 11 is 0. The van der Waals surface area contributed by atoms with E-state index in [4.69, 9.17) is 4.42 Å².